The zero-order valence-corrected chi connectivity index (χ0v) is 12.6. The van der Waals surface area contributed by atoms with E-state index >= 15 is 0 Å². The molecule has 0 bridgehead atoms. The molecule has 4 N–H and O–H groups in total. The van der Waals surface area contributed by atoms with E-state index in [1.807, 2.05) is 33.0 Å². The number of hydrogen-bond acceptors (Lipinski definition) is 5. The van der Waals surface area contributed by atoms with Gasteiger partial charge in [-0.2, -0.15) is 0 Å². The molecule has 1 aromatic rings. The highest BCUT2D eigenvalue weighted by Gasteiger charge is 2.18. The maximum absolute atomic E-state index is 10.3. The molecule has 0 aromatic heterocycles. The van der Waals surface area contributed by atoms with E-state index in [4.69, 9.17) is 15.2 Å². The summed E-state index contributed by atoms with van der Waals surface area (Å²) in [5, 5.41) is 13.3. The molecule has 0 spiro atoms. The normalized spacial score (nSPS) is 13.8. The summed E-state index contributed by atoms with van der Waals surface area (Å²) in [5.74, 6) is 1.33. The van der Waals surface area contributed by atoms with Gasteiger partial charge in [0.1, 0.15) is 0 Å². The fourth-order valence-electron chi connectivity index (χ4n) is 1.97. The van der Waals surface area contributed by atoms with E-state index in [-0.39, 0.29) is 6.04 Å². The van der Waals surface area contributed by atoms with Crippen LogP contribution in [0.15, 0.2) is 18.2 Å². The third-order valence-electron chi connectivity index (χ3n) is 3.04. The Hall–Kier alpha value is -1.30. The number of nitrogens with one attached hydrogen (secondary N) is 1. The average Bonchev–Trinajstić information content (AvgIpc) is 2.46. The summed E-state index contributed by atoms with van der Waals surface area (Å²) in [6, 6.07) is 5.14. The molecule has 0 saturated carbocycles. The number of nitrogens with two attached hydrogens (primary N) is 1. The third-order valence-corrected chi connectivity index (χ3v) is 3.04. The van der Waals surface area contributed by atoms with Gasteiger partial charge in [-0.25, -0.2) is 0 Å². The molecule has 1 rings (SSSR count). The monoisotopic (exact) mass is 282 g/mol. The Morgan fingerprint density at radius 1 is 1.20 bits per heavy atom. The van der Waals surface area contributed by atoms with Crippen LogP contribution in [0.3, 0.4) is 0 Å². The van der Waals surface area contributed by atoms with E-state index < -0.39 is 6.10 Å². The van der Waals surface area contributed by atoms with Crippen molar-refractivity contribution in [2.75, 3.05) is 26.8 Å². The maximum Gasteiger partial charge on any atom is 0.161 e. The standard InChI is InChI=1S/C15H26N2O3/c1-4-19-13-7-6-11(10-14(13)20-5-2)15(18)12(16)8-9-17-3/h6-7,10,12,15,17-18H,4-5,8-9,16H2,1-3H3. The molecular formula is C15H26N2O3. The van der Waals surface area contributed by atoms with Crippen LogP contribution in [0.25, 0.3) is 0 Å². The molecule has 5 heteroatoms. The van der Waals surface area contributed by atoms with Gasteiger partial charge in [0, 0.05) is 6.04 Å². The molecule has 1 aromatic carbocycles. The minimum absolute atomic E-state index is 0.310. The quantitative estimate of drug-likeness (QED) is 0.639. The van der Waals surface area contributed by atoms with Crippen LogP contribution in [-0.2, 0) is 0 Å². The van der Waals surface area contributed by atoms with Crippen molar-refractivity contribution in [3.63, 3.8) is 0 Å². The Balaban J connectivity index is 2.86. The van der Waals surface area contributed by atoms with E-state index in [9.17, 15) is 5.11 Å². The predicted octanol–water partition coefficient (Wildman–Crippen LogP) is 1.45. The maximum atomic E-state index is 10.3. The molecule has 0 radical (unpaired) electrons. The number of benzene rings is 1. The Bertz CT molecular complexity index is 399. The summed E-state index contributed by atoms with van der Waals surface area (Å²) in [5.41, 5.74) is 6.74. The molecule has 0 aliphatic heterocycles. The van der Waals surface area contributed by atoms with E-state index in [1.165, 1.54) is 0 Å². The Morgan fingerprint density at radius 2 is 1.85 bits per heavy atom. The first kappa shape index (κ1) is 16.8. The van der Waals surface area contributed by atoms with Crippen LogP contribution in [-0.4, -0.2) is 38.0 Å². The van der Waals surface area contributed by atoms with Gasteiger partial charge in [-0.3, -0.25) is 0 Å². The molecule has 0 amide bonds. The van der Waals surface area contributed by atoms with E-state index in [0.29, 0.717) is 31.1 Å². The highest BCUT2D eigenvalue weighted by Crippen LogP contribution is 2.31. The lowest BCUT2D eigenvalue weighted by molar-refractivity contribution is 0.141. The zero-order chi connectivity index (χ0) is 15.0. The van der Waals surface area contributed by atoms with Crippen molar-refractivity contribution < 1.29 is 14.6 Å². The van der Waals surface area contributed by atoms with Crippen molar-refractivity contribution >= 4 is 0 Å². The Labute approximate surface area is 121 Å². The molecule has 0 fully saturated rings. The van der Waals surface area contributed by atoms with Crippen LogP contribution < -0.4 is 20.5 Å². The summed E-state index contributed by atoms with van der Waals surface area (Å²) in [6.45, 7) is 5.73. The van der Waals surface area contributed by atoms with Gasteiger partial charge in [-0.1, -0.05) is 6.07 Å². The van der Waals surface area contributed by atoms with Gasteiger partial charge in [0.05, 0.1) is 19.3 Å². The van der Waals surface area contributed by atoms with Crippen LogP contribution in [0.2, 0.25) is 0 Å². The molecule has 0 saturated heterocycles. The van der Waals surface area contributed by atoms with Crippen LogP contribution in [0.5, 0.6) is 11.5 Å². The smallest absolute Gasteiger partial charge is 0.161 e. The molecule has 2 unspecified atom stereocenters. The lowest BCUT2D eigenvalue weighted by atomic mass is 10.00. The Morgan fingerprint density at radius 3 is 2.45 bits per heavy atom. The number of hydrogen-bond donors (Lipinski definition) is 3. The molecule has 0 aliphatic rings. The van der Waals surface area contributed by atoms with Crippen LogP contribution in [0.1, 0.15) is 31.9 Å². The van der Waals surface area contributed by atoms with Crippen molar-refractivity contribution in [1.82, 2.24) is 5.32 Å². The first-order valence-corrected chi connectivity index (χ1v) is 7.11. The van der Waals surface area contributed by atoms with E-state index in [2.05, 4.69) is 5.32 Å². The number of aliphatic hydroxyl groups excluding tert-OH is 1. The fraction of sp³-hybridized carbons (Fsp3) is 0.600. The summed E-state index contributed by atoms with van der Waals surface area (Å²) < 4.78 is 11.1. The van der Waals surface area contributed by atoms with Crippen molar-refractivity contribution in [1.29, 1.82) is 0 Å². The summed E-state index contributed by atoms with van der Waals surface area (Å²) in [4.78, 5) is 0. The van der Waals surface area contributed by atoms with Crippen molar-refractivity contribution in [2.24, 2.45) is 5.73 Å². The molecule has 5 nitrogen and oxygen atoms in total. The largest absolute Gasteiger partial charge is 0.490 e. The van der Waals surface area contributed by atoms with Gasteiger partial charge in [-0.15, -0.1) is 0 Å². The molecular weight excluding hydrogens is 256 g/mol. The van der Waals surface area contributed by atoms with Crippen molar-refractivity contribution in [2.45, 2.75) is 32.4 Å². The van der Waals surface area contributed by atoms with Crippen LogP contribution >= 0.6 is 0 Å². The van der Waals surface area contributed by atoms with E-state index in [1.54, 1.807) is 6.07 Å². The first-order chi connectivity index (χ1) is 9.63. The lowest BCUT2D eigenvalue weighted by Gasteiger charge is -2.20. The fourth-order valence-corrected chi connectivity index (χ4v) is 1.97. The van der Waals surface area contributed by atoms with Gasteiger partial charge in [0.25, 0.3) is 0 Å². The summed E-state index contributed by atoms with van der Waals surface area (Å²) in [7, 11) is 1.86. The minimum atomic E-state index is -0.710. The summed E-state index contributed by atoms with van der Waals surface area (Å²) >= 11 is 0. The van der Waals surface area contributed by atoms with Crippen molar-refractivity contribution in [3.05, 3.63) is 23.8 Å². The summed E-state index contributed by atoms with van der Waals surface area (Å²) in [6.07, 6.45) is -0.00675. The number of rotatable bonds is 9. The van der Waals surface area contributed by atoms with Crippen molar-refractivity contribution in [3.8, 4) is 11.5 Å². The molecule has 0 aliphatic carbocycles. The molecule has 2 atom stereocenters. The van der Waals surface area contributed by atoms with Gasteiger partial charge in [0.2, 0.25) is 0 Å². The first-order valence-electron chi connectivity index (χ1n) is 7.11. The number of aliphatic hydroxyl groups is 1. The zero-order valence-electron chi connectivity index (χ0n) is 12.6. The SMILES string of the molecule is CCOc1ccc(C(O)C(N)CCNC)cc1OCC. The number of ether oxygens (including phenoxy) is 2. The van der Waals surface area contributed by atoms with Gasteiger partial charge < -0.3 is 25.6 Å². The van der Waals surface area contributed by atoms with Gasteiger partial charge in [0.15, 0.2) is 11.5 Å². The predicted molar refractivity (Wildman–Crippen MR) is 80.3 cm³/mol. The second-order valence-corrected chi connectivity index (χ2v) is 4.57. The average molecular weight is 282 g/mol. The van der Waals surface area contributed by atoms with E-state index in [0.717, 1.165) is 12.1 Å². The van der Waals surface area contributed by atoms with Crippen LogP contribution in [0, 0.1) is 0 Å². The second-order valence-electron chi connectivity index (χ2n) is 4.57. The third kappa shape index (κ3) is 4.67. The van der Waals surface area contributed by atoms with Gasteiger partial charge >= 0.3 is 0 Å². The highest BCUT2D eigenvalue weighted by atomic mass is 16.5. The Kier molecular flexibility index (Phi) is 7.36. The molecule has 20 heavy (non-hydrogen) atoms. The minimum Gasteiger partial charge on any atom is -0.490 e. The highest BCUT2D eigenvalue weighted by molar-refractivity contribution is 5.43. The second kappa shape index (κ2) is 8.79. The topological polar surface area (TPSA) is 76.7 Å². The molecule has 114 valence electrons. The lowest BCUT2D eigenvalue weighted by Crippen LogP contribution is -2.31. The van der Waals surface area contributed by atoms with Gasteiger partial charge in [-0.05, 0) is 51.6 Å². The molecule has 0 heterocycles. The van der Waals surface area contributed by atoms with Crippen LogP contribution in [0.4, 0.5) is 0 Å².